The van der Waals surface area contributed by atoms with Gasteiger partial charge in [-0.2, -0.15) is 0 Å². The molecule has 0 heterocycles. The average molecular weight is 301 g/mol. The summed E-state index contributed by atoms with van der Waals surface area (Å²) < 4.78 is 0. The van der Waals surface area contributed by atoms with Crippen LogP contribution in [0.25, 0.3) is 0 Å². The van der Waals surface area contributed by atoms with Crippen molar-refractivity contribution in [3.63, 3.8) is 0 Å². The van der Waals surface area contributed by atoms with Crippen molar-refractivity contribution in [2.75, 3.05) is 65.4 Å². The molecule has 0 aliphatic heterocycles. The Bertz CT molecular complexity index is 171. The second-order valence-electron chi connectivity index (χ2n) is 5.61. The molecule has 0 saturated carbocycles. The smallest absolute Gasteiger partial charge is 0.000687 e. The van der Waals surface area contributed by atoms with Gasteiger partial charge in [-0.15, -0.1) is 0 Å². The molecular formula is C17H40N4. The maximum absolute atomic E-state index is 3.54. The Kier molecular flexibility index (Phi) is 16.1. The molecule has 0 aliphatic rings. The minimum atomic E-state index is 1.14. The highest BCUT2D eigenvalue weighted by Crippen LogP contribution is 1.90. The van der Waals surface area contributed by atoms with Crippen LogP contribution in [0.1, 0.15) is 47.0 Å². The van der Waals surface area contributed by atoms with Crippen LogP contribution in [0.2, 0.25) is 0 Å². The fourth-order valence-electron chi connectivity index (χ4n) is 2.52. The quantitative estimate of drug-likeness (QED) is 0.427. The Morgan fingerprint density at radius 2 is 0.857 bits per heavy atom. The zero-order valence-corrected chi connectivity index (χ0v) is 15.1. The molecular weight excluding hydrogens is 260 g/mol. The molecule has 0 radical (unpaired) electrons. The summed E-state index contributed by atoms with van der Waals surface area (Å²) in [5, 5.41) is 7.08. The molecule has 0 aliphatic carbocycles. The third kappa shape index (κ3) is 13.2. The molecule has 0 bridgehead atoms. The van der Waals surface area contributed by atoms with Crippen molar-refractivity contribution < 1.29 is 0 Å². The summed E-state index contributed by atoms with van der Waals surface area (Å²) in [4.78, 5) is 4.97. The van der Waals surface area contributed by atoms with Gasteiger partial charge < -0.3 is 20.4 Å². The molecule has 0 aromatic rings. The van der Waals surface area contributed by atoms with Crippen LogP contribution in [0.15, 0.2) is 0 Å². The molecule has 0 fully saturated rings. The van der Waals surface area contributed by atoms with Gasteiger partial charge >= 0.3 is 0 Å². The standard InChI is InChI=1S/C17H40N4/c1-5-20(6-2)16-10-14-18-12-9-13-19-15-11-17-21(7-3)8-4/h18-19H,5-17H2,1-4H3. The average Bonchev–Trinajstić information content (AvgIpc) is 2.52. The van der Waals surface area contributed by atoms with Crippen LogP contribution in [0.5, 0.6) is 0 Å². The summed E-state index contributed by atoms with van der Waals surface area (Å²) in [6, 6.07) is 0. The lowest BCUT2D eigenvalue weighted by atomic mass is 10.3. The lowest BCUT2D eigenvalue weighted by Crippen LogP contribution is -2.29. The van der Waals surface area contributed by atoms with Crippen LogP contribution in [0.3, 0.4) is 0 Å². The molecule has 0 amide bonds. The highest BCUT2D eigenvalue weighted by molar-refractivity contribution is 4.58. The van der Waals surface area contributed by atoms with Crippen LogP contribution in [0.4, 0.5) is 0 Å². The summed E-state index contributed by atoms with van der Waals surface area (Å²) in [5.41, 5.74) is 0. The predicted octanol–water partition coefficient (Wildman–Crippen LogP) is 2.02. The van der Waals surface area contributed by atoms with Gasteiger partial charge in [-0.05, 0) is 84.7 Å². The number of nitrogens with one attached hydrogen (secondary N) is 2. The van der Waals surface area contributed by atoms with Crippen LogP contribution in [-0.4, -0.2) is 75.2 Å². The van der Waals surface area contributed by atoms with Gasteiger partial charge in [0.1, 0.15) is 0 Å². The first kappa shape index (κ1) is 20.8. The molecule has 4 nitrogen and oxygen atoms in total. The number of rotatable bonds is 16. The van der Waals surface area contributed by atoms with E-state index in [1.807, 2.05) is 0 Å². The van der Waals surface area contributed by atoms with Crippen molar-refractivity contribution in [3.05, 3.63) is 0 Å². The van der Waals surface area contributed by atoms with Gasteiger partial charge in [0.05, 0.1) is 0 Å². The molecule has 0 saturated heterocycles. The molecule has 0 atom stereocenters. The SMILES string of the molecule is CCN(CC)CCCNCCCNCCCN(CC)CC. The fraction of sp³-hybridized carbons (Fsp3) is 1.00. The maximum Gasteiger partial charge on any atom is -0.000687 e. The minimum Gasteiger partial charge on any atom is -0.317 e. The van der Waals surface area contributed by atoms with Gasteiger partial charge in [0, 0.05) is 0 Å². The molecule has 0 rings (SSSR count). The lowest BCUT2D eigenvalue weighted by Gasteiger charge is -2.18. The van der Waals surface area contributed by atoms with Crippen LogP contribution in [0, 0.1) is 0 Å². The van der Waals surface area contributed by atoms with E-state index in [-0.39, 0.29) is 0 Å². The van der Waals surface area contributed by atoms with E-state index in [1.165, 1.54) is 58.5 Å². The molecule has 0 spiro atoms. The molecule has 21 heavy (non-hydrogen) atoms. The van der Waals surface area contributed by atoms with E-state index >= 15 is 0 Å². The summed E-state index contributed by atoms with van der Waals surface area (Å²) in [6.07, 6.45) is 3.76. The lowest BCUT2D eigenvalue weighted by molar-refractivity contribution is 0.297. The zero-order valence-electron chi connectivity index (χ0n) is 15.1. The third-order valence-electron chi connectivity index (χ3n) is 4.15. The zero-order chi connectivity index (χ0) is 15.8. The van der Waals surface area contributed by atoms with E-state index in [0.717, 1.165) is 26.2 Å². The van der Waals surface area contributed by atoms with Gasteiger partial charge in [-0.1, -0.05) is 27.7 Å². The van der Waals surface area contributed by atoms with Gasteiger partial charge in [-0.25, -0.2) is 0 Å². The van der Waals surface area contributed by atoms with Crippen molar-refractivity contribution in [1.29, 1.82) is 0 Å². The highest BCUT2D eigenvalue weighted by atomic mass is 15.1. The molecule has 0 unspecified atom stereocenters. The summed E-state index contributed by atoms with van der Waals surface area (Å²) in [6.45, 7) is 20.7. The number of nitrogens with zero attached hydrogens (tertiary/aromatic N) is 2. The Morgan fingerprint density at radius 3 is 1.19 bits per heavy atom. The first-order valence-corrected chi connectivity index (χ1v) is 9.14. The predicted molar refractivity (Wildman–Crippen MR) is 95.2 cm³/mol. The molecule has 0 aromatic heterocycles. The van der Waals surface area contributed by atoms with Crippen LogP contribution < -0.4 is 10.6 Å². The Labute approximate surface area is 133 Å². The number of hydrogen-bond acceptors (Lipinski definition) is 4. The van der Waals surface area contributed by atoms with Gasteiger partial charge in [0.2, 0.25) is 0 Å². The van der Waals surface area contributed by atoms with E-state index in [2.05, 4.69) is 48.1 Å². The minimum absolute atomic E-state index is 1.14. The van der Waals surface area contributed by atoms with E-state index in [4.69, 9.17) is 0 Å². The van der Waals surface area contributed by atoms with E-state index < -0.39 is 0 Å². The number of hydrogen-bond donors (Lipinski definition) is 2. The van der Waals surface area contributed by atoms with Crippen molar-refractivity contribution in [2.24, 2.45) is 0 Å². The monoisotopic (exact) mass is 300 g/mol. The van der Waals surface area contributed by atoms with Crippen molar-refractivity contribution >= 4 is 0 Å². The Morgan fingerprint density at radius 1 is 0.524 bits per heavy atom. The first-order valence-electron chi connectivity index (χ1n) is 9.14. The van der Waals surface area contributed by atoms with Crippen molar-refractivity contribution in [1.82, 2.24) is 20.4 Å². The second kappa shape index (κ2) is 16.2. The first-order chi connectivity index (χ1) is 10.3. The van der Waals surface area contributed by atoms with Crippen LogP contribution >= 0.6 is 0 Å². The Hall–Kier alpha value is -0.160. The van der Waals surface area contributed by atoms with E-state index in [1.54, 1.807) is 0 Å². The van der Waals surface area contributed by atoms with E-state index in [9.17, 15) is 0 Å². The summed E-state index contributed by atoms with van der Waals surface area (Å²) >= 11 is 0. The van der Waals surface area contributed by atoms with Gasteiger partial charge in [0.15, 0.2) is 0 Å². The van der Waals surface area contributed by atoms with Gasteiger partial charge in [-0.3, -0.25) is 0 Å². The molecule has 128 valence electrons. The largest absolute Gasteiger partial charge is 0.317 e. The van der Waals surface area contributed by atoms with Crippen molar-refractivity contribution in [3.8, 4) is 0 Å². The fourth-order valence-corrected chi connectivity index (χ4v) is 2.52. The summed E-state index contributed by atoms with van der Waals surface area (Å²) in [5.74, 6) is 0. The molecule has 0 aromatic carbocycles. The summed E-state index contributed by atoms with van der Waals surface area (Å²) in [7, 11) is 0. The molecule has 4 heteroatoms. The van der Waals surface area contributed by atoms with E-state index in [0.29, 0.717) is 0 Å². The highest BCUT2D eigenvalue weighted by Gasteiger charge is 1.98. The topological polar surface area (TPSA) is 30.5 Å². The third-order valence-corrected chi connectivity index (χ3v) is 4.15. The second-order valence-corrected chi connectivity index (χ2v) is 5.61. The maximum atomic E-state index is 3.54. The normalized spacial score (nSPS) is 11.7. The van der Waals surface area contributed by atoms with Gasteiger partial charge in [0.25, 0.3) is 0 Å². The Balaban J connectivity index is 3.15. The molecule has 2 N–H and O–H groups in total. The van der Waals surface area contributed by atoms with Crippen LogP contribution in [-0.2, 0) is 0 Å². The van der Waals surface area contributed by atoms with Crippen molar-refractivity contribution in [2.45, 2.75) is 47.0 Å².